The van der Waals surface area contributed by atoms with Crippen LogP contribution in [0, 0.1) is 11.3 Å². The molecule has 33 heavy (non-hydrogen) atoms. The van der Waals surface area contributed by atoms with E-state index in [4.69, 9.17) is 15.5 Å². The van der Waals surface area contributed by atoms with Crippen molar-refractivity contribution in [2.45, 2.75) is 90.6 Å². The summed E-state index contributed by atoms with van der Waals surface area (Å²) >= 11 is 0. The zero-order valence-corrected chi connectivity index (χ0v) is 20.7. The molecule has 2 aliphatic rings. The first-order chi connectivity index (χ1) is 15.1. The molecule has 1 aliphatic heterocycles. The predicted octanol–water partition coefficient (Wildman–Crippen LogP) is 1.44. The molecule has 0 aromatic rings. The highest BCUT2D eigenvalue weighted by Crippen LogP contribution is 2.45. The standard InChI is InChI=1S/C23H38N4O6/c1-9-14-11-23(14,13(2)28)26-18(29)16-10-15(33-24)12-27(16)19(30)17(21(3,4)5)25-20(31)32-22(6,7)8/h9,14-17H,1,10-12,24H2,2-8H3,(H,25,31)(H,26,29)/t14-,15-,16+,17-,23+/m1/s1. The summed E-state index contributed by atoms with van der Waals surface area (Å²) in [5.74, 6) is 4.14. The van der Waals surface area contributed by atoms with Gasteiger partial charge in [0.25, 0.3) is 0 Å². The van der Waals surface area contributed by atoms with E-state index in [1.165, 1.54) is 11.8 Å². The molecule has 1 saturated heterocycles. The molecule has 1 heterocycles. The number of nitrogens with two attached hydrogens (primary N) is 1. The maximum atomic E-state index is 13.6. The van der Waals surface area contributed by atoms with E-state index in [0.717, 1.165) is 0 Å². The number of rotatable bonds is 7. The van der Waals surface area contributed by atoms with Gasteiger partial charge in [-0.1, -0.05) is 26.8 Å². The van der Waals surface area contributed by atoms with E-state index in [-0.39, 0.29) is 24.7 Å². The van der Waals surface area contributed by atoms with Crippen molar-refractivity contribution in [3.63, 3.8) is 0 Å². The highest BCUT2D eigenvalue weighted by molar-refractivity contribution is 5.98. The number of alkyl carbamates (subject to hydrolysis) is 1. The number of nitrogens with zero attached hydrogens (tertiary/aromatic N) is 1. The Morgan fingerprint density at radius 2 is 1.79 bits per heavy atom. The number of ether oxygens (including phenoxy) is 1. The molecule has 1 aliphatic carbocycles. The van der Waals surface area contributed by atoms with Gasteiger partial charge in [-0.25, -0.2) is 10.7 Å². The van der Waals surface area contributed by atoms with Crippen molar-refractivity contribution in [1.29, 1.82) is 0 Å². The number of carbonyl (C=O) groups is 4. The molecular formula is C23H38N4O6. The third-order valence-electron chi connectivity index (χ3n) is 6.09. The molecule has 0 spiro atoms. The Hall–Kier alpha value is -2.46. The molecule has 1 saturated carbocycles. The van der Waals surface area contributed by atoms with Crippen molar-refractivity contribution in [3.8, 4) is 0 Å². The fraction of sp³-hybridized carbons (Fsp3) is 0.739. The van der Waals surface area contributed by atoms with Gasteiger partial charge in [-0.15, -0.1) is 6.58 Å². The zero-order valence-electron chi connectivity index (χ0n) is 20.7. The molecule has 0 aromatic carbocycles. The molecule has 0 aromatic heterocycles. The van der Waals surface area contributed by atoms with E-state index in [1.54, 1.807) is 47.6 Å². The minimum absolute atomic E-state index is 0.0773. The summed E-state index contributed by atoms with van der Waals surface area (Å²) < 4.78 is 5.33. The van der Waals surface area contributed by atoms with Crippen LogP contribution in [0.5, 0.6) is 0 Å². The molecule has 2 fully saturated rings. The van der Waals surface area contributed by atoms with Crippen molar-refractivity contribution in [3.05, 3.63) is 12.7 Å². The van der Waals surface area contributed by atoms with Crippen LogP contribution in [-0.2, 0) is 24.0 Å². The number of carbonyl (C=O) groups excluding carboxylic acids is 4. The quantitative estimate of drug-likeness (QED) is 0.381. The molecular weight excluding hydrogens is 428 g/mol. The molecule has 4 N–H and O–H groups in total. The van der Waals surface area contributed by atoms with Crippen molar-refractivity contribution >= 4 is 23.7 Å². The summed E-state index contributed by atoms with van der Waals surface area (Å²) in [4.78, 5) is 57.8. The number of likely N-dealkylation sites (tertiary alicyclic amines) is 1. The average molecular weight is 467 g/mol. The first-order valence-corrected chi connectivity index (χ1v) is 11.2. The van der Waals surface area contributed by atoms with Crippen LogP contribution in [0.1, 0.15) is 61.3 Å². The molecule has 2 rings (SSSR count). The van der Waals surface area contributed by atoms with Gasteiger partial charge in [0.1, 0.15) is 23.2 Å². The van der Waals surface area contributed by atoms with Crippen molar-refractivity contribution in [2.75, 3.05) is 6.54 Å². The van der Waals surface area contributed by atoms with Gasteiger partial charge in [0.2, 0.25) is 11.8 Å². The summed E-state index contributed by atoms with van der Waals surface area (Å²) in [7, 11) is 0. The highest BCUT2D eigenvalue weighted by Gasteiger charge is 2.58. The second-order valence-electron chi connectivity index (χ2n) is 11.0. The maximum Gasteiger partial charge on any atom is 0.408 e. The normalized spacial score (nSPS) is 28.0. The van der Waals surface area contributed by atoms with Crippen molar-refractivity contribution in [1.82, 2.24) is 15.5 Å². The van der Waals surface area contributed by atoms with Crippen LogP contribution < -0.4 is 16.5 Å². The van der Waals surface area contributed by atoms with Gasteiger partial charge in [0.05, 0.1) is 6.10 Å². The maximum absolute atomic E-state index is 13.6. The van der Waals surface area contributed by atoms with E-state index in [9.17, 15) is 19.2 Å². The second-order valence-corrected chi connectivity index (χ2v) is 11.0. The van der Waals surface area contributed by atoms with E-state index in [2.05, 4.69) is 17.2 Å². The lowest BCUT2D eigenvalue weighted by molar-refractivity contribution is -0.143. The summed E-state index contributed by atoms with van der Waals surface area (Å²) in [5.41, 5.74) is -2.41. The van der Waals surface area contributed by atoms with Crippen LogP contribution in [0.2, 0.25) is 0 Å². The number of nitrogens with one attached hydrogen (secondary N) is 2. The van der Waals surface area contributed by atoms with E-state index in [0.29, 0.717) is 6.42 Å². The molecule has 0 radical (unpaired) electrons. The van der Waals surface area contributed by atoms with Crippen molar-refractivity contribution < 1.29 is 28.8 Å². The van der Waals surface area contributed by atoms with Gasteiger partial charge in [-0.2, -0.15) is 0 Å². The first kappa shape index (κ1) is 26.8. The minimum Gasteiger partial charge on any atom is -0.444 e. The first-order valence-electron chi connectivity index (χ1n) is 11.2. The Balaban J connectivity index is 2.26. The topological polar surface area (TPSA) is 140 Å². The fourth-order valence-electron chi connectivity index (χ4n) is 4.14. The van der Waals surface area contributed by atoms with Gasteiger partial charge in [-0.05, 0) is 39.5 Å². The highest BCUT2D eigenvalue weighted by atomic mass is 16.6. The van der Waals surface area contributed by atoms with Gasteiger partial charge in [0, 0.05) is 18.9 Å². The number of Topliss-reactive ketones (excluding diaryl/α,β-unsaturated/α-hetero) is 1. The van der Waals surface area contributed by atoms with E-state index in [1.807, 2.05) is 0 Å². The monoisotopic (exact) mass is 466 g/mol. The fourth-order valence-corrected chi connectivity index (χ4v) is 4.14. The predicted molar refractivity (Wildman–Crippen MR) is 122 cm³/mol. The molecule has 10 heteroatoms. The molecule has 0 bridgehead atoms. The molecule has 186 valence electrons. The van der Waals surface area contributed by atoms with Crippen LogP contribution in [0.4, 0.5) is 4.79 Å². The summed E-state index contributed by atoms with van der Waals surface area (Å²) in [6, 6.07) is -1.87. The van der Waals surface area contributed by atoms with Gasteiger partial charge in [0.15, 0.2) is 5.78 Å². The Morgan fingerprint density at radius 3 is 2.21 bits per heavy atom. The lowest BCUT2D eigenvalue weighted by Crippen LogP contribution is -2.59. The van der Waals surface area contributed by atoms with Crippen LogP contribution in [0.15, 0.2) is 12.7 Å². The summed E-state index contributed by atoms with van der Waals surface area (Å²) in [6.07, 6.45) is 0.995. The van der Waals surface area contributed by atoms with Crippen LogP contribution >= 0.6 is 0 Å². The molecule has 0 unspecified atom stereocenters. The average Bonchev–Trinajstić information content (AvgIpc) is 3.21. The Bertz CT molecular complexity index is 815. The SMILES string of the molecule is C=C[C@@H]1C[C@]1(NC(=O)[C@@H]1C[C@@H](ON)CN1C(=O)[C@@H](NC(=O)OC(C)(C)C)C(C)(C)C)C(C)=O. The van der Waals surface area contributed by atoms with Gasteiger partial charge >= 0.3 is 6.09 Å². The third-order valence-corrected chi connectivity index (χ3v) is 6.09. The molecule has 5 atom stereocenters. The Morgan fingerprint density at radius 1 is 1.18 bits per heavy atom. The van der Waals surface area contributed by atoms with Gasteiger partial charge < -0.3 is 20.3 Å². The van der Waals surface area contributed by atoms with E-state index >= 15 is 0 Å². The number of amides is 3. The lowest BCUT2D eigenvalue weighted by atomic mass is 9.85. The van der Waals surface area contributed by atoms with Crippen LogP contribution in [0.3, 0.4) is 0 Å². The molecule has 3 amide bonds. The Labute approximate surface area is 195 Å². The summed E-state index contributed by atoms with van der Waals surface area (Å²) in [5, 5.41) is 5.48. The largest absolute Gasteiger partial charge is 0.444 e. The zero-order chi connectivity index (χ0) is 25.4. The number of ketones is 1. The van der Waals surface area contributed by atoms with Crippen LogP contribution in [-0.4, -0.2) is 64.5 Å². The number of hydrogen-bond acceptors (Lipinski definition) is 7. The van der Waals surface area contributed by atoms with E-state index < -0.39 is 52.7 Å². The Kier molecular flexibility index (Phi) is 7.65. The third kappa shape index (κ3) is 6.11. The smallest absolute Gasteiger partial charge is 0.408 e. The number of hydrogen-bond donors (Lipinski definition) is 3. The van der Waals surface area contributed by atoms with Gasteiger partial charge in [-0.3, -0.25) is 19.2 Å². The minimum atomic E-state index is -0.993. The van der Waals surface area contributed by atoms with Crippen molar-refractivity contribution in [2.24, 2.45) is 17.2 Å². The lowest BCUT2D eigenvalue weighted by Gasteiger charge is -2.36. The van der Waals surface area contributed by atoms with Crippen LogP contribution in [0.25, 0.3) is 0 Å². The second kappa shape index (κ2) is 9.42. The molecule has 10 nitrogen and oxygen atoms in total. The summed E-state index contributed by atoms with van der Waals surface area (Å²) in [6.45, 7) is 15.8.